The van der Waals surface area contributed by atoms with Crippen LogP contribution in [0.2, 0.25) is 0 Å². The molecule has 0 aliphatic carbocycles. The number of rotatable bonds is 10. The smallest absolute Gasteiger partial charge is 0.295 e. The lowest BCUT2D eigenvalue weighted by Crippen LogP contribution is -2.38. The molecule has 2 aromatic rings. The van der Waals surface area contributed by atoms with Gasteiger partial charge in [0.2, 0.25) is 0 Å². The number of ketones is 1. The fourth-order valence-electron chi connectivity index (χ4n) is 4.32. The molecule has 1 saturated heterocycles. The van der Waals surface area contributed by atoms with Gasteiger partial charge < -0.3 is 24.4 Å². The minimum absolute atomic E-state index is 0.0843. The number of hydrogen-bond donors (Lipinski definition) is 1. The molecule has 1 fully saturated rings. The zero-order chi connectivity index (χ0) is 24.8. The molecule has 0 radical (unpaired) electrons. The summed E-state index contributed by atoms with van der Waals surface area (Å²) in [7, 11) is 3.03. The maximum atomic E-state index is 13.2. The maximum Gasteiger partial charge on any atom is 0.295 e. The van der Waals surface area contributed by atoms with E-state index in [9.17, 15) is 14.7 Å². The number of hydrogen-bond acceptors (Lipinski definition) is 6. The molecule has 1 aliphatic heterocycles. The molecule has 1 amide bonds. The van der Waals surface area contributed by atoms with Crippen molar-refractivity contribution >= 4 is 17.4 Å². The van der Waals surface area contributed by atoms with E-state index in [1.165, 1.54) is 14.2 Å². The van der Waals surface area contributed by atoms with Crippen LogP contribution in [0.4, 0.5) is 0 Å². The second kappa shape index (κ2) is 11.2. The topological polar surface area (TPSA) is 79.3 Å². The summed E-state index contributed by atoms with van der Waals surface area (Å²) in [6, 6.07) is 12.1. The van der Waals surface area contributed by atoms with Gasteiger partial charge in [0.25, 0.3) is 11.7 Å². The van der Waals surface area contributed by atoms with E-state index < -0.39 is 17.7 Å². The number of methoxy groups -OCH3 is 2. The van der Waals surface area contributed by atoms with Gasteiger partial charge in [0, 0.05) is 18.7 Å². The highest BCUT2D eigenvalue weighted by atomic mass is 16.5. The second-order valence-electron chi connectivity index (χ2n) is 8.18. The average molecular weight is 467 g/mol. The molecule has 1 unspecified atom stereocenters. The molecule has 0 spiro atoms. The van der Waals surface area contributed by atoms with Crippen molar-refractivity contribution < 1.29 is 24.2 Å². The lowest BCUT2D eigenvalue weighted by atomic mass is 9.94. The monoisotopic (exact) mass is 466 g/mol. The van der Waals surface area contributed by atoms with Crippen LogP contribution in [-0.2, 0) is 16.0 Å². The number of nitrogens with zero attached hydrogens (tertiary/aromatic N) is 2. The number of likely N-dealkylation sites (N-methyl/N-ethyl adjacent to an activating group) is 1. The molecule has 182 valence electrons. The van der Waals surface area contributed by atoms with Crippen LogP contribution >= 0.6 is 0 Å². The largest absolute Gasteiger partial charge is 0.507 e. The number of likely N-dealkylation sites (tertiary alicyclic amines) is 1. The zero-order valence-corrected chi connectivity index (χ0v) is 20.6. The summed E-state index contributed by atoms with van der Waals surface area (Å²) in [5.74, 6) is -0.582. The van der Waals surface area contributed by atoms with Crippen molar-refractivity contribution in [3.63, 3.8) is 0 Å². The molecular formula is C27H34N2O5. The fourth-order valence-corrected chi connectivity index (χ4v) is 4.32. The Balaban J connectivity index is 2.12. The van der Waals surface area contributed by atoms with Crippen molar-refractivity contribution in [1.82, 2.24) is 9.80 Å². The summed E-state index contributed by atoms with van der Waals surface area (Å²) >= 11 is 0. The van der Waals surface area contributed by atoms with Crippen molar-refractivity contribution in [3.8, 4) is 11.5 Å². The number of amides is 1. The number of aryl methyl sites for hydroxylation is 1. The zero-order valence-electron chi connectivity index (χ0n) is 20.6. The van der Waals surface area contributed by atoms with E-state index in [1.54, 1.807) is 23.1 Å². The molecular weight excluding hydrogens is 432 g/mol. The molecule has 1 atom stereocenters. The van der Waals surface area contributed by atoms with Gasteiger partial charge in [0.1, 0.15) is 5.76 Å². The van der Waals surface area contributed by atoms with Gasteiger partial charge in [-0.05, 0) is 48.8 Å². The van der Waals surface area contributed by atoms with E-state index in [2.05, 4.69) is 25.7 Å². The molecule has 1 aliphatic rings. The Morgan fingerprint density at radius 1 is 0.971 bits per heavy atom. The van der Waals surface area contributed by atoms with Crippen LogP contribution in [-0.4, -0.2) is 67.0 Å². The number of benzene rings is 2. The number of carbonyl (C=O) groups is 2. The van der Waals surface area contributed by atoms with E-state index in [4.69, 9.17) is 9.47 Å². The van der Waals surface area contributed by atoms with Gasteiger partial charge in [-0.15, -0.1) is 0 Å². The van der Waals surface area contributed by atoms with Crippen LogP contribution in [0.25, 0.3) is 5.76 Å². The minimum Gasteiger partial charge on any atom is -0.507 e. The Kier molecular flexibility index (Phi) is 8.34. The van der Waals surface area contributed by atoms with Crippen molar-refractivity contribution in [3.05, 3.63) is 64.7 Å². The van der Waals surface area contributed by atoms with Crippen LogP contribution in [0.5, 0.6) is 11.5 Å². The first-order chi connectivity index (χ1) is 16.4. The molecule has 34 heavy (non-hydrogen) atoms. The van der Waals surface area contributed by atoms with Crippen LogP contribution in [0.15, 0.2) is 48.0 Å². The average Bonchev–Trinajstić information content (AvgIpc) is 3.13. The fraction of sp³-hybridized carbons (Fsp3) is 0.407. The lowest BCUT2D eigenvalue weighted by molar-refractivity contribution is -0.140. The predicted octanol–water partition coefficient (Wildman–Crippen LogP) is 4.03. The van der Waals surface area contributed by atoms with Gasteiger partial charge in [-0.3, -0.25) is 9.59 Å². The van der Waals surface area contributed by atoms with Crippen molar-refractivity contribution in [2.24, 2.45) is 0 Å². The Bertz CT molecular complexity index is 1060. The number of carbonyl (C=O) groups excluding carboxylic acids is 2. The standard InChI is InChI=1S/C27H34N2O5/c1-6-18-9-11-19(12-10-18)24-23(25(30)20-13-14-21(33-4)22(17-20)34-5)26(31)27(32)29(24)16-15-28(7-2)8-3/h9-14,17,24,30H,6-8,15-16H2,1-5H3/b25-23-. The van der Waals surface area contributed by atoms with E-state index in [1.807, 2.05) is 24.3 Å². The Morgan fingerprint density at radius 2 is 1.62 bits per heavy atom. The summed E-state index contributed by atoms with van der Waals surface area (Å²) in [5, 5.41) is 11.3. The first-order valence-corrected chi connectivity index (χ1v) is 11.7. The molecule has 1 N–H and O–H groups in total. The molecule has 7 nitrogen and oxygen atoms in total. The van der Waals surface area contributed by atoms with Crippen LogP contribution in [0.1, 0.15) is 43.5 Å². The molecule has 1 heterocycles. The summed E-state index contributed by atoms with van der Waals surface area (Å²) in [4.78, 5) is 30.1. The number of Topliss-reactive ketones (excluding diaryl/α,β-unsaturated/α-hetero) is 1. The molecule has 2 aromatic carbocycles. The van der Waals surface area contributed by atoms with Crippen LogP contribution in [0, 0.1) is 0 Å². The minimum atomic E-state index is -0.684. The maximum absolute atomic E-state index is 13.2. The van der Waals surface area contributed by atoms with Crippen molar-refractivity contribution in [2.45, 2.75) is 33.2 Å². The third kappa shape index (κ3) is 4.94. The first kappa shape index (κ1) is 25.3. The Hall–Kier alpha value is -3.32. The first-order valence-electron chi connectivity index (χ1n) is 11.7. The van der Waals surface area contributed by atoms with Gasteiger partial charge in [-0.25, -0.2) is 0 Å². The number of aliphatic hydroxyl groups is 1. The van der Waals surface area contributed by atoms with E-state index >= 15 is 0 Å². The van der Waals surface area contributed by atoms with Gasteiger partial charge in [0.05, 0.1) is 25.8 Å². The summed E-state index contributed by atoms with van der Waals surface area (Å²) in [5.41, 5.74) is 2.41. The number of aliphatic hydroxyl groups excluding tert-OH is 1. The highest BCUT2D eigenvalue weighted by molar-refractivity contribution is 6.46. The van der Waals surface area contributed by atoms with E-state index in [0.717, 1.165) is 30.6 Å². The Labute approximate surface area is 201 Å². The van der Waals surface area contributed by atoms with Gasteiger partial charge >= 0.3 is 0 Å². The van der Waals surface area contributed by atoms with Crippen molar-refractivity contribution in [1.29, 1.82) is 0 Å². The lowest BCUT2D eigenvalue weighted by Gasteiger charge is -2.28. The highest BCUT2D eigenvalue weighted by Gasteiger charge is 2.46. The van der Waals surface area contributed by atoms with Crippen LogP contribution in [0.3, 0.4) is 0 Å². The molecule has 3 rings (SSSR count). The second-order valence-corrected chi connectivity index (χ2v) is 8.18. The normalized spacial score (nSPS) is 17.5. The molecule has 0 bridgehead atoms. The third-order valence-corrected chi connectivity index (χ3v) is 6.45. The van der Waals surface area contributed by atoms with E-state index in [-0.39, 0.29) is 11.3 Å². The SMILES string of the molecule is CCc1ccc(C2/C(=C(/O)c3ccc(OC)c(OC)c3)C(=O)C(=O)N2CCN(CC)CC)cc1. The van der Waals surface area contributed by atoms with Gasteiger partial charge in [-0.2, -0.15) is 0 Å². The Morgan fingerprint density at radius 3 is 2.18 bits per heavy atom. The van der Waals surface area contributed by atoms with Gasteiger partial charge in [-0.1, -0.05) is 45.0 Å². The molecule has 7 heteroatoms. The molecule has 0 aromatic heterocycles. The van der Waals surface area contributed by atoms with Crippen LogP contribution < -0.4 is 9.47 Å². The predicted molar refractivity (Wildman–Crippen MR) is 132 cm³/mol. The van der Waals surface area contributed by atoms with Crippen molar-refractivity contribution in [2.75, 3.05) is 40.4 Å². The summed E-state index contributed by atoms with van der Waals surface area (Å²) in [6.07, 6.45) is 0.883. The quantitative estimate of drug-likeness (QED) is 0.324. The summed E-state index contributed by atoms with van der Waals surface area (Å²) in [6.45, 7) is 8.92. The van der Waals surface area contributed by atoms with E-state index in [0.29, 0.717) is 30.2 Å². The van der Waals surface area contributed by atoms with Gasteiger partial charge in [0.15, 0.2) is 11.5 Å². The highest BCUT2D eigenvalue weighted by Crippen LogP contribution is 2.40. The summed E-state index contributed by atoms with van der Waals surface area (Å²) < 4.78 is 10.6. The molecule has 0 saturated carbocycles. The number of ether oxygens (including phenoxy) is 2. The third-order valence-electron chi connectivity index (χ3n) is 6.45.